The second-order valence-electron chi connectivity index (χ2n) is 5.86. The minimum atomic E-state index is -0.550. The number of carbonyl (C=O) groups excluding carboxylic acids is 2. The monoisotopic (exact) mass is 356 g/mol. The Hall–Kier alpha value is -3.42. The third-order valence-electron chi connectivity index (χ3n) is 3.70. The van der Waals surface area contributed by atoms with E-state index < -0.39 is 17.0 Å². The van der Waals surface area contributed by atoms with Crippen LogP contribution in [-0.2, 0) is 4.79 Å². The highest BCUT2D eigenvalue weighted by atomic mass is 16.6. The number of carbonyl (C=O) groups is 2. The first kappa shape index (κ1) is 18.9. The van der Waals surface area contributed by atoms with Gasteiger partial charge in [0.05, 0.1) is 17.4 Å². The minimum Gasteiger partial charge on any atom is -0.349 e. The lowest BCUT2D eigenvalue weighted by Gasteiger charge is -2.21. The zero-order chi connectivity index (χ0) is 19.1. The van der Waals surface area contributed by atoms with Crippen LogP contribution in [0, 0.1) is 10.1 Å². The molecule has 136 valence electrons. The van der Waals surface area contributed by atoms with E-state index in [1.807, 2.05) is 30.3 Å². The molecule has 2 aromatic carbocycles. The number of nitro benzene ring substituents is 1. The van der Waals surface area contributed by atoms with E-state index in [-0.39, 0.29) is 18.0 Å². The second-order valence-corrected chi connectivity index (χ2v) is 5.86. The van der Waals surface area contributed by atoms with Crippen LogP contribution in [0.15, 0.2) is 54.6 Å². The summed E-state index contributed by atoms with van der Waals surface area (Å²) in [5, 5.41) is 16.1. The highest BCUT2D eigenvalue weighted by molar-refractivity contribution is 5.90. The standard InChI is InChI=1S/C18H20N4O4/c1-21(2)17(23)12-16(13-7-4-3-5-8-13)20-18(24)19-14-9-6-10-15(11-14)22(25)26/h3-11,16H,12H2,1-2H3,(H2,19,20,24)/t16-/m1/s1. The third kappa shape index (κ3) is 5.30. The summed E-state index contributed by atoms with van der Waals surface area (Å²) in [6.45, 7) is 0. The normalized spacial score (nSPS) is 11.3. The minimum absolute atomic E-state index is 0.0966. The van der Waals surface area contributed by atoms with Crippen molar-refractivity contribution in [3.05, 3.63) is 70.3 Å². The SMILES string of the molecule is CN(C)C(=O)C[C@@H](NC(=O)Nc1cccc([N+](=O)[O-])c1)c1ccccc1. The topological polar surface area (TPSA) is 105 Å². The maximum Gasteiger partial charge on any atom is 0.319 e. The Labute approximate surface area is 151 Å². The van der Waals surface area contributed by atoms with Crippen LogP contribution in [0.1, 0.15) is 18.0 Å². The molecule has 0 aromatic heterocycles. The molecule has 3 amide bonds. The average molecular weight is 356 g/mol. The highest BCUT2D eigenvalue weighted by Gasteiger charge is 2.19. The summed E-state index contributed by atoms with van der Waals surface area (Å²) in [6, 6.07) is 13.7. The van der Waals surface area contributed by atoms with Crippen molar-refractivity contribution >= 4 is 23.3 Å². The molecule has 26 heavy (non-hydrogen) atoms. The van der Waals surface area contributed by atoms with Crippen LogP contribution in [0.3, 0.4) is 0 Å². The van der Waals surface area contributed by atoms with Gasteiger partial charge in [0.25, 0.3) is 5.69 Å². The number of hydrogen-bond acceptors (Lipinski definition) is 4. The van der Waals surface area contributed by atoms with Crippen molar-refractivity contribution in [2.24, 2.45) is 0 Å². The molecular weight excluding hydrogens is 336 g/mol. The van der Waals surface area contributed by atoms with E-state index in [9.17, 15) is 19.7 Å². The number of hydrogen-bond donors (Lipinski definition) is 2. The lowest BCUT2D eigenvalue weighted by molar-refractivity contribution is -0.384. The van der Waals surface area contributed by atoms with Gasteiger partial charge < -0.3 is 15.5 Å². The molecule has 0 fully saturated rings. The fraction of sp³-hybridized carbons (Fsp3) is 0.222. The summed E-state index contributed by atoms with van der Waals surface area (Å²) in [5.74, 6) is -0.130. The van der Waals surface area contributed by atoms with E-state index in [4.69, 9.17) is 0 Å². The van der Waals surface area contributed by atoms with Crippen LogP contribution in [0.5, 0.6) is 0 Å². The van der Waals surface area contributed by atoms with Gasteiger partial charge in [-0.05, 0) is 11.6 Å². The predicted molar refractivity (Wildman–Crippen MR) is 97.7 cm³/mol. The van der Waals surface area contributed by atoms with Crippen molar-refractivity contribution in [1.29, 1.82) is 0 Å². The summed E-state index contributed by atoms with van der Waals surface area (Å²) < 4.78 is 0. The Kier molecular flexibility index (Phi) is 6.26. The first-order valence-corrected chi connectivity index (χ1v) is 7.94. The molecular formula is C18H20N4O4. The largest absolute Gasteiger partial charge is 0.349 e. The van der Waals surface area contributed by atoms with Gasteiger partial charge in [-0.2, -0.15) is 0 Å². The number of nitrogens with zero attached hydrogens (tertiary/aromatic N) is 2. The third-order valence-corrected chi connectivity index (χ3v) is 3.70. The predicted octanol–water partition coefficient (Wildman–Crippen LogP) is 2.94. The molecule has 0 spiro atoms. The fourth-order valence-corrected chi connectivity index (χ4v) is 2.32. The van der Waals surface area contributed by atoms with Crippen molar-refractivity contribution in [1.82, 2.24) is 10.2 Å². The summed E-state index contributed by atoms with van der Waals surface area (Å²) in [6.07, 6.45) is 0.0966. The highest BCUT2D eigenvalue weighted by Crippen LogP contribution is 2.19. The van der Waals surface area contributed by atoms with Crippen LogP contribution >= 0.6 is 0 Å². The quantitative estimate of drug-likeness (QED) is 0.613. The summed E-state index contributed by atoms with van der Waals surface area (Å²) in [4.78, 5) is 36.1. The zero-order valence-electron chi connectivity index (χ0n) is 14.5. The van der Waals surface area contributed by atoms with Gasteiger partial charge in [-0.25, -0.2) is 4.79 Å². The maximum atomic E-state index is 12.3. The molecule has 0 aliphatic rings. The van der Waals surface area contributed by atoms with E-state index in [1.54, 1.807) is 20.2 Å². The van der Waals surface area contributed by atoms with Crippen LogP contribution < -0.4 is 10.6 Å². The maximum absolute atomic E-state index is 12.3. The molecule has 8 heteroatoms. The number of nitro groups is 1. The van der Waals surface area contributed by atoms with Gasteiger partial charge in [0.2, 0.25) is 5.91 Å². The number of amides is 3. The molecule has 2 rings (SSSR count). The van der Waals surface area contributed by atoms with Gasteiger partial charge >= 0.3 is 6.03 Å². The van der Waals surface area contributed by atoms with Crippen molar-refractivity contribution in [3.63, 3.8) is 0 Å². The summed E-state index contributed by atoms with van der Waals surface area (Å²) >= 11 is 0. The van der Waals surface area contributed by atoms with Crippen LogP contribution in [0.2, 0.25) is 0 Å². The number of rotatable bonds is 6. The number of non-ortho nitro benzene ring substituents is 1. The van der Waals surface area contributed by atoms with Crippen molar-refractivity contribution in [2.45, 2.75) is 12.5 Å². The molecule has 0 heterocycles. The Morgan fingerprint density at radius 2 is 1.81 bits per heavy atom. The fourth-order valence-electron chi connectivity index (χ4n) is 2.32. The molecule has 0 aliphatic heterocycles. The number of urea groups is 1. The molecule has 0 radical (unpaired) electrons. The van der Waals surface area contributed by atoms with E-state index >= 15 is 0 Å². The van der Waals surface area contributed by atoms with Gasteiger partial charge in [0.1, 0.15) is 0 Å². The molecule has 0 unspecified atom stereocenters. The van der Waals surface area contributed by atoms with Gasteiger partial charge in [0.15, 0.2) is 0 Å². The van der Waals surface area contributed by atoms with Crippen molar-refractivity contribution in [3.8, 4) is 0 Å². The van der Waals surface area contributed by atoms with E-state index in [2.05, 4.69) is 10.6 Å². The smallest absolute Gasteiger partial charge is 0.319 e. The Bertz CT molecular complexity index is 793. The molecule has 2 aromatic rings. The Morgan fingerprint density at radius 1 is 1.12 bits per heavy atom. The van der Waals surface area contributed by atoms with Gasteiger partial charge in [-0.3, -0.25) is 14.9 Å². The van der Waals surface area contributed by atoms with E-state index in [0.717, 1.165) is 5.56 Å². The molecule has 1 atom stereocenters. The van der Waals surface area contributed by atoms with Crippen molar-refractivity contribution < 1.29 is 14.5 Å². The van der Waals surface area contributed by atoms with Crippen molar-refractivity contribution in [2.75, 3.05) is 19.4 Å². The average Bonchev–Trinajstić information content (AvgIpc) is 2.61. The van der Waals surface area contributed by atoms with E-state index in [0.29, 0.717) is 5.69 Å². The first-order chi connectivity index (χ1) is 12.4. The summed E-state index contributed by atoms with van der Waals surface area (Å²) in [5.41, 5.74) is 0.963. The molecule has 2 N–H and O–H groups in total. The van der Waals surface area contributed by atoms with Crippen LogP contribution in [0.25, 0.3) is 0 Å². The molecule has 0 saturated carbocycles. The van der Waals surface area contributed by atoms with Gasteiger partial charge in [-0.1, -0.05) is 36.4 Å². The van der Waals surface area contributed by atoms with Crippen LogP contribution in [0.4, 0.5) is 16.2 Å². The molecule has 0 saturated heterocycles. The van der Waals surface area contributed by atoms with Crippen LogP contribution in [-0.4, -0.2) is 35.9 Å². The second kappa shape index (κ2) is 8.61. The van der Waals surface area contributed by atoms with Gasteiger partial charge in [0, 0.05) is 31.9 Å². The first-order valence-electron chi connectivity index (χ1n) is 7.94. The lowest BCUT2D eigenvalue weighted by Crippen LogP contribution is -2.36. The number of benzene rings is 2. The molecule has 0 bridgehead atoms. The summed E-state index contributed by atoms with van der Waals surface area (Å²) in [7, 11) is 3.29. The van der Waals surface area contributed by atoms with E-state index in [1.165, 1.54) is 23.1 Å². The molecule has 8 nitrogen and oxygen atoms in total. The Morgan fingerprint density at radius 3 is 2.42 bits per heavy atom. The lowest BCUT2D eigenvalue weighted by atomic mass is 10.0. The zero-order valence-corrected chi connectivity index (χ0v) is 14.5. The van der Waals surface area contributed by atoms with Gasteiger partial charge in [-0.15, -0.1) is 0 Å². The molecule has 0 aliphatic carbocycles. The number of nitrogens with one attached hydrogen (secondary N) is 2. The number of anilines is 1. The Balaban J connectivity index is 2.12.